The van der Waals surface area contributed by atoms with Gasteiger partial charge in [-0.2, -0.15) is 0 Å². The maximum atomic E-state index is 2.47. The number of rotatable bonds is 7. The fourth-order valence-corrected chi connectivity index (χ4v) is 8.24. The van der Waals surface area contributed by atoms with Crippen LogP contribution in [0.15, 0.2) is 206 Å². The zero-order chi connectivity index (χ0) is 34.2. The monoisotopic (exact) mass is 651 g/mol. The van der Waals surface area contributed by atoms with Crippen LogP contribution >= 0.6 is 0 Å². The van der Waals surface area contributed by atoms with Crippen LogP contribution in [-0.4, -0.2) is 0 Å². The normalized spacial score (nSPS) is 12.6. The predicted octanol–water partition coefficient (Wildman–Crippen LogP) is 13.2. The molecule has 0 N–H and O–H groups in total. The molecule has 0 heterocycles. The average Bonchev–Trinajstić information content (AvgIpc) is 3.52. The number of hydrogen-bond donors (Lipinski definition) is 0. The van der Waals surface area contributed by atoms with Gasteiger partial charge in [0.05, 0.1) is 11.1 Å². The molecule has 0 atom stereocenters. The molecule has 8 aromatic carbocycles. The van der Waals surface area contributed by atoms with Crippen LogP contribution < -0.4 is 4.90 Å². The Morgan fingerprint density at radius 3 is 1.61 bits per heavy atom. The molecule has 0 bridgehead atoms. The predicted molar refractivity (Wildman–Crippen MR) is 214 cm³/mol. The van der Waals surface area contributed by atoms with Crippen LogP contribution in [0.5, 0.6) is 0 Å². The molecule has 0 radical (unpaired) electrons. The highest BCUT2D eigenvalue weighted by Gasteiger charge is 2.48. The second-order valence-corrected chi connectivity index (χ2v) is 13.3. The average molecular weight is 652 g/mol. The topological polar surface area (TPSA) is 3.24 Å². The molecule has 0 unspecified atom stereocenters. The van der Waals surface area contributed by atoms with E-state index in [9.17, 15) is 0 Å². The van der Waals surface area contributed by atoms with Crippen LogP contribution in [0.4, 0.5) is 17.1 Å². The van der Waals surface area contributed by atoms with Gasteiger partial charge in [-0.1, -0.05) is 176 Å². The Hall–Kier alpha value is -6.44. The van der Waals surface area contributed by atoms with E-state index in [0.717, 1.165) is 17.1 Å². The first-order chi connectivity index (χ1) is 25.2. The molecule has 0 saturated heterocycles. The maximum Gasteiger partial charge on any atom is 0.0734 e. The van der Waals surface area contributed by atoms with Crippen LogP contribution in [0.2, 0.25) is 0 Å². The van der Waals surface area contributed by atoms with Gasteiger partial charge in [0.25, 0.3) is 0 Å². The number of aryl methyl sites for hydroxylation is 1. The van der Waals surface area contributed by atoms with Gasteiger partial charge in [0.1, 0.15) is 0 Å². The summed E-state index contributed by atoms with van der Waals surface area (Å²) >= 11 is 0. The summed E-state index contributed by atoms with van der Waals surface area (Å²) in [4.78, 5) is 2.47. The van der Waals surface area contributed by atoms with Gasteiger partial charge in [0.15, 0.2) is 0 Å². The first-order valence-electron chi connectivity index (χ1n) is 17.7. The summed E-state index contributed by atoms with van der Waals surface area (Å²) < 4.78 is 0. The van der Waals surface area contributed by atoms with Crippen molar-refractivity contribution < 1.29 is 0 Å². The van der Waals surface area contributed by atoms with Gasteiger partial charge < -0.3 is 4.90 Å². The van der Waals surface area contributed by atoms with E-state index in [1.807, 2.05) is 0 Å². The third kappa shape index (κ3) is 5.09. The van der Waals surface area contributed by atoms with Crippen molar-refractivity contribution in [3.05, 3.63) is 234 Å². The molecule has 1 aliphatic carbocycles. The fourth-order valence-electron chi connectivity index (χ4n) is 8.24. The summed E-state index contributed by atoms with van der Waals surface area (Å²) in [5.74, 6) is 0. The highest BCUT2D eigenvalue weighted by atomic mass is 15.1. The molecule has 242 valence electrons. The van der Waals surface area contributed by atoms with E-state index in [1.165, 1.54) is 61.2 Å². The number of hydrogen-bond acceptors (Lipinski definition) is 1. The minimum absolute atomic E-state index is 0.540. The fraction of sp³-hybridized carbons (Fsp3) is 0.0400. The molecule has 0 aliphatic heterocycles. The number of benzene rings is 8. The minimum Gasteiger partial charge on any atom is -0.310 e. The highest BCUT2D eigenvalue weighted by molar-refractivity contribution is 5.94. The summed E-state index contributed by atoms with van der Waals surface area (Å²) in [5.41, 5.74) is 16.6. The van der Waals surface area contributed by atoms with Crippen LogP contribution in [0.25, 0.3) is 33.4 Å². The van der Waals surface area contributed by atoms with E-state index in [-0.39, 0.29) is 0 Å². The summed E-state index contributed by atoms with van der Waals surface area (Å²) in [7, 11) is 0. The molecule has 1 aliphatic rings. The molecular formula is C50H37N. The smallest absolute Gasteiger partial charge is 0.0734 e. The Labute approximate surface area is 300 Å². The molecule has 0 spiro atoms. The number of anilines is 3. The van der Waals surface area contributed by atoms with Gasteiger partial charge >= 0.3 is 0 Å². The quantitative estimate of drug-likeness (QED) is 0.166. The third-order valence-corrected chi connectivity index (χ3v) is 10.5. The van der Waals surface area contributed by atoms with Gasteiger partial charge in [0, 0.05) is 16.9 Å². The minimum atomic E-state index is -0.540. The van der Waals surface area contributed by atoms with E-state index in [2.05, 4.69) is 218 Å². The second-order valence-electron chi connectivity index (χ2n) is 13.3. The molecule has 0 aromatic heterocycles. The first kappa shape index (κ1) is 30.6. The van der Waals surface area contributed by atoms with Crippen LogP contribution in [0, 0.1) is 6.92 Å². The zero-order valence-corrected chi connectivity index (χ0v) is 28.6. The van der Waals surface area contributed by atoms with Gasteiger partial charge in [-0.3, -0.25) is 0 Å². The molecule has 1 heteroatoms. The van der Waals surface area contributed by atoms with E-state index in [0.29, 0.717) is 0 Å². The van der Waals surface area contributed by atoms with Crippen molar-refractivity contribution in [2.75, 3.05) is 4.90 Å². The summed E-state index contributed by atoms with van der Waals surface area (Å²) in [5, 5.41) is 0. The highest BCUT2D eigenvalue weighted by Crippen LogP contribution is 2.60. The first-order valence-corrected chi connectivity index (χ1v) is 17.7. The largest absolute Gasteiger partial charge is 0.310 e. The van der Waals surface area contributed by atoms with Crippen LogP contribution in [-0.2, 0) is 5.41 Å². The van der Waals surface area contributed by atoms with E-state index in [1.54, 1.807) is 0 Å². The number of nitrogens with zero attached hydrogens (tertiary/aromatic N) is 1. The molecule has 1 nitrogen and oxygen atoms in total. The van der Waals surface area contributed by atoms with E-state index < -0.39 is 5.41 Å². The van der Waals surface area contributed by atoms with Gasteiger partial charge in [-0.05, 0) is 92.9 Å². The third-order valence-electron chi connectivity index (χ3n) is 10.5. The lowest BCUT2D eigenvalue weighted by atomic mass is 9.67. The van der Waals surface area contributed by atoms with Crippen molar-refractivity contribution in [3.8, 4) is 33.4 Å². The molecule has 0 saturated carbocycles. The van der Waals surface area contributed by atoms with Crippen LogP contribution in [0.3, 0.4) is 0 Å². The molecule has 51 heavy (non-hydrogen) atoms. The number of fused-ring (bicyclic) bond motifs is 3. The lowest BCUT2D eigenvalue weighted by molar-refractivity contribution is 0.768. The van der Waals surface area contributed by atoms with E-state index in [4.69, 9.17) is 0 Å². The molecular weight excluding hydrogens is 615 g/mol. The van der Waals surface area contributed by atoms with Gasteiger partial charge in [-0.15, -0.1) is 0 Å². The Kier molecular flexibility index (Phi) is 7.67. The van der Waals surface area contributed by atoms with Gasteiger partial charge in [0.2, 0.25) is 0 Å². The van der Waals surface area contributed by atoms with Crippen molar-refractivity contribution in [3.63, 3.8) is 0 Å². The molecule has 0 amide bonds. The lowest BCUT2D eigenvalue weighted by Gasteiger charge is -2.38. The lowest BCUT2D eigenvalue weighted by Crippen LogP contribution is -2.30. The van der Waals surface area contributed by atoms with Crippen molar-refractivity contribution in [1.29, 1.82) is 0 Å². The van der Waals surface area contributed by atoms with E-state index >= 15 is 0 Å². The van der Waals surface area contributed by atoms with Crippen molar-refractivity contribution >= 4 is 17.1 Å². The Bertz CT molecular complexity index is 2420. The summed E-state index contributed by atoms with van der Waals surface area (Å²) in [6, 6.07) is 75.3. The van der Waals surface area contributed by atoms with Crippen LogP contribution in [0.1, 0.15) is 27.8 Å². The Balaban J connectivity index is 1.34. The van der Waals surface area contributed by atoms with Gasteiger partial charge in [-0.25, -0.2) is 0 Å². The summed E-state index contributed by atoms with van der Waals surface area (Å²) in [6.45, 7) is 2.18. The van der Waals surface area contributed by atoms with Crippen molar-refractivity contribution in [1.82, 2.24) is 0 Å². The standard InChI is InChI=1S/C50H37N/c1-36-17-11-12-26-44(36)38-31-33-42(34-32-38)51(43-25-15-20-39(35-43)37-18-5-2-6-19-37)48-30-16-28-46-45-27-13-14-29-47(45)50(49(46)48,40-21-7-3-8-22-40)41-23-9-4-10-24-41/h2-35H,1H3. The Morgan fingerprint density at radius 1 is 0.373 bits per heavy atom. The summed E-state index contributed by atoms with van der Waals surface area (Å²) in [6.07, 6.45) is 0. The second kappa shape index (κ2) is 12.8. The van der Waals surface area contributed by atoms with Crippen molar-refractivity contribution in [2.24, 2.45) is 0 Å². The van der Waals surface area contributed by atoms with Crippen molar-refractivity contribution in [2.45, 2.75) is 12.3 Å². The Morgan fingerprint density at radius 2 is 0.922 bits per heavy atom. The SMILES string of the molecule is Cc1ccccc1-c1ccc(N(c2cccc(-c3ccccc3)c2)c2cccc3c2C(c2ccccc2)(c2ccccc2)c2ccccc2-3)cc1. The maximum absolute atomic E-state index is 2.47. The molecule has 8 aromatic rings. The molecule has 0 fully saturated rings. The molecule has 9 rings (SSSR count). The zero-order valence-electron chi connectivity index (χ0n) is 28.6.